The largest absolute Gasteiger partial charge is 0.328 e. The molecule has 1 aromatic heterocycles. The Labute approximate surface area is 113 Å². The lowest BCUT2D eigenvalue weighted by molar-refractivity contribution is 0.0969. The molecule has 5 nitrogen and oxygen atoms in total. The highest BCUT2D eigenvalue weighted by atomic mass is 19.1. The van der Waals surface area contributed by atoms with Crippen molar-refractivity contribution in [1.29, 1.82) is 0 Å². The molecule has 1 aromatic carbocycles. The van der Waals surface area contributed by atoms with E-state index in [1.165, 1.54) is 24.4 Å². The highest BCUT2D eigenvalue weighted by Gasteiger charge is 2.10. The highest BCUT2D eigenvalue weighted by molar-refractivity contribution is 5.95. The zero-order valence-electron chi connectivity index (χ0n) is 10.9. The van der Waals surface area contributed by atoms with Crippen LogP contribution in [0.2, 0.25) is 0 Å². The standard InChI is InChI=1S/C14H13FN2O3/c1-2-9-7-17(14(20)16-13(9)19)8-12(18)10-4-3-5-11(15)6-10/h3-7H,2,8H2,1H3,(H,16,19,20). The van der Waals surface area contributed by atoms with Crippen molar-refractivity contribution >= 4 is 5.78 Å². The van der Waals surface area contributed by atoms with Crippen molar-refractivity contribution in [2.75, 3.05) is 0 Å². The second-order valence-corrected chi connectivity index (χ2v) is 4.33. The summed E-state index contributed by atoms with van der Waals surface area (Å²) in [5.74, 6) is -0.917. The Morgan fingerprint density at radius 1 is 1.35 bits per heavy atom. The van der Waals surface area contributed by atoms with E-state index in [0.29, 0.717) is 12.0 Å². The van der Waals surface area contributed by atoms with Crippen LogP contribution >= 0.6 is 0 Å². The first-order valence-electron chi connectivity index (χ1n) is 6.12. The van der Waals surface area contributed by atoms with E-state index in [4.69, 9.17) is 0 Å². The van der Waals surface area contributed by atoms with Gasteiger partial charge >= 0.3 is 5.69 Å². The molecule has 1 heterocycles. The van der Waals surface area contributed by atoms with Gasteiger partial charge in [-0.2, -0.15) is 0 Å². The van der Waals surface area contributed by atoms with Crippen LogP contribution in [0.5, 0.6) is 0 Å². The molecule has 0 aliphatic carbocycles. The number of benzene rings is 1. The molecule has 0 saturated heterocycles. The predicted octanol–water partition coefficient (Wildman–Crippen LogP) is 1.12. The number of aromatic nitrogens is 2. The van der Waals surface area contributed by atoms with Crippen LogP contribution in [-0.4, -0.2) is 15.3 Å². The van der Waals surface area contributed by atoms with Crippen LogP contribution in [0.4, 0.5) is 4.39 Å². The van der Waals surface area contributed by atoms with E-state index in [1.807, 2.05) is 0 Å². The molecule has 0 saturated carbocycles. The summed E-state index contributed by atoms with van der Waals surface area (Å²) in [5, 5.41) is 0. The van der Waals surface area contributed by atoms with Gasteiger partial charge in [-0.15, -0.1) is 0 Å². The molecule has 0 radical (unpaired) electrons. The third-order valence-electron chi connectivity index (χ3n) is 2.93. The molecule has 1 N–H and O–H groups in total. The normalized spacial score (nSPS) is 10.5. The summed E-state index contributed by atoms with van der Waals surface area (Å²) >= 11 is 0. The molecule has 0 atom stereocenters. The summed E-state index contributed by atoms with van der Waals surface area (Å²) in [7, 11) is 0. The third-order valence-corrected chi connectivity index (χ3v) is 2.93. The zero-order valence-corrected chi connectivity index (χ0v) is 10.9. The van der Waals surface area contributed by atoms with Crippen LogP contribution in [0.1, 0.15) is 22.8 Å². The van der Waals surface area contributed by atoms with Gasteiger partial charge in [0.05, 0.1) is 6.54 Å². The molecule has 0 bridgehead atoms. The van der Waals surface area contributed by atoms with Crippen molar-refractivity contribution in [2.45, 2.75) is 19.9 Å². The van der Waals surface area contributed by atoms with Gasteiger partial charge in [0.15, 0.2) is 5.78 Å². The minimum Gasteiger partial charge on any atom is -0.293 e. The van der Waals surface area contributed by atoms with Gasteiger partial charge in [-0.25, -0.2) is 9.18 Å². The number of nitrogens with one attached hydrogen (secondary N) is 1. The van der Waals surface area contributed by atoms with Gasteiger partial charge in [0.2, 0.25) is 0 Å². The van der Waals surface area contributed by atoms with Gasteiger partial charge in [0.1, 0.15) is 5.82 Å². The Morgan fingerprint density at radius 3 is 2.75 bits per heavy atom. The van der Waals surface area contributed by atoms with E-state index in [-0.39, 0.29) is 12.1 Å². The minimum absolute atomic E-state index is 0.182. The Balaban J connectivity index is 2.33. The molecular formula is C14H13FN2O3. The fourth-order valence-electron chi connectivity index (χ4n) is 1.83. The number of nitrogens with zero attached hydrogens (tertiary/aromatic N) is 1. The van der Waals surface area contributed by atoms with Crippen LogP contribution < -0.4 is 11.2 Å². The van der Waals surface area contributed by atoms with Crippen LogP contribution in [0.25, 0.3) is 0 Å². The van der Waals surface area contributed by atoms with E-state index < -0.39 is 22.8 Å². The maximum absolute atomic E-state index is 13.0. The average molecular weight is 276 g/mol. The molecule has 20 heavy (non-hydrogen) atoms. The summed E-state index contributed by atoms with van der Waals surface area (Å²) in [5.41, 5.74) is -0.512. The van der Waals surface area contributed by atoms with Gasteiger partial charge < -0.3 is 0 Å². The Kier molecular flexibility index (Phi) is 3.93. The number of aromatic amines is 1. The van der Waals surface area contributed by atoms with Crippen LogP contribution in [-0.2, 0) is 13.0 Å². The van der Waals surface area contributed by atoms with Gasteiger partial charge in [-0.3, -0.25) is 19.1 Å². The van der Waals surface area contributed by atoms with E-state index in [1.54, 1.807) is 6.92 Å². The number of hydrogen-bond acceptors (Lipinski definition) is 3. The number of carbonyl (C=O) groups is 1. The summed E-state index contributed by atoms with van der Waals surface area (Å²) < 4.78 is 14.2. The van der Waals surface area contributed by atoms with Crippen molar-refractivity contribution < 1.29 is 9.18 Å². The van der Waals surface area contributed by atoms with E-state index in [2.05, 4.69) is 4.98 Å². The first-order chi connectivity index (χ1) is 9.51. The first kappa shape index (κ1) is 13.9. The molecular weight excluding hydrogens is 263 g/mol. The minimum atomic E-state index is -0.656. The summed E-state index contributed by atoms with van der Waals surface area (Å²) in [6.07, 6.45) is 1.81. The van der Waals surface area contributed by atoms with Crippen LogP contribution in [0.15, 0.2) is 40.1 Å². The molecule has 6 heteroatoms. The molecule has 0 aliphatic rings. The van der Waals surface area contributed by atoms with Crippen molar-refractivity contribution in [3.05, 3.63) is 68.2 Å². The number of hydrogen-bond donors (Lipinski definition) is 1. The number of ketones is 1. The molecule has 0 spiro atoms. The molecule has 2 rings (SSSR count). The van der Waals surface area contributed by atoms with E-state index in [9.17, 15) is 18.8 Å². The summed E-state index contributed by atoms with van der Waals surface area (Å²) in [6, 6.07) is 5.25. The quantitative estimate of drug-likeness (QED) is 0.851. The fourth-order valence-corrected chi connectivity index (χ4v) is 1.83. The summed E-state index contributed by atoms with van der Waals surface area (Å²) in [6.45, 7) is 1.53. The molecule has 0 aliphatic heterocycles. The van der Waals surface area contributed by atoms with Crippen molar-refractivity contribution in [1.82, 2.24) is 9.55 Å². The van der Waals surface area contributed by atoms with E-state index in [0.717, 1.165) is 10.6 Å². The topological polar surface area (TPSA) is 71.9 Å². The lowest BCUT2D eigenvalue weighted by atomic mass is 10.1. The average Bonchev–Trinajstić information content (AvgIpc) is 2.41. The zero-order chi connectivity index (χ0) is 14.7. The Bertz CT molecular complexity index is 761. The van der Waals surface area contributed by atoms with Gasteiger partial charge in [-0.1, -0.05) is 19.1 Å². The molecule has 0 unspecified atom stereocenters. The van der Waals surface area contributed by atoms with Gasteiger partial charge in [-0.05, 0) is 18.6 Å². The predicted molar refractivity (Wildman–Crippen MR) is 71.4 cm³/mol. The molecule has 104 valence electrons. The lowest BCUT2D eigenvalue weighted by Gasteiger charge is -2.06. The molecule has 0 amide bonds. The Morgan fingerprint density at radius 2 is 2.10 bits per heavy atom. The van der Waals surface area contributed by atoms with Gasteiger partial charge in [0.25, 0.3) is 5.56 Å². The second kappa shape index (κ2) is 5.64. The molecule has 2 aromatic rings. The van der Waals surface area contributed by atoms with Crippen LogP contribution in [0, 0.1) is 5.82 Å². The number of Topliss-reactive ketones (excluding diaryl/α,β-unsaturated/α-hetero) is 1. The number of aryl methyl sites for hydroxylation is 1. The summed E-state index contributed by atoms with van der Waals surface area (Å²) in [4.78, 5) is 37.2. The second-order valence-electron chi connectivity index (χ2n) is 4.33. The number of carbonyl (C=O) groups excluding carboxylic acids is 1. The van der Waals surface area contributed by atoms with Crippen molar-refractivity contribution in [3.8, 4) is 0 Å². The Hall–Kier alpha value is -2.50. The first-order valence-corrected chi connectivity index (χ1v) is 6.12. The highest BCUT2D eigenvalue weighted by Crippen LogP contribution is 2.05. The van der Waals surface area contributed by atoms with E-state index >= 15 is 0 Å². The van der Waals surface area contributed by atoms with Gasteiger partial charge in [0, 0.05) is 17.3 Å². The maximum atomic E-state index is 13.0. The smallest absolute Gasteiger partial charge is 0.293 e. The lowest BCUT2D eigenvalue weighted by Crippen LogP contribution is -2.33. The van der Waals surface area contributed by atoms with Crippen molar-refractivity contribution in [3.63, 3.8) is 0 Å². The van der Waals surface area contributed by atoms with Crippen molar-refractivity contribution in [2.24, 2.45) is 0 Å². The number of rotatable bonds is 4. The number of halogens is 1. The maximum Gasteiger partial charge on any atom is 0.328 e. The van der Waals surface area contributed by atoms with Crippen LogP contribution in [0.3, 0.4) is 0 Å². The third kappa shape index (κ3) is 2.90. The monoisotopic (exact) mass is 276 g/mol. The molecule has 0 fully saturated rings. The number of H-pyrrole nitrogens is 1. The fraction of sp³-hybridized carbons (Fsp3) is 0.214. The SMILES string of the molecule is CCc1cn(CC(=O)c2cccc(F)c2)c(=O)[nH]c1=O.